The van der Waals surface area contributed by atoms with Crippen LogP contribution in [0.1, 0.15) is 49.4 Å². The molecule has 2 aliphatic rings. The molecule has 1 saturated carbocycles. The monoisotopic (exact) mass is 384 g/mol. The van der Waals surface area contributed by atoms with Crippen LogP contribution in [0, 0.1) is 0 Å². The number of aryl methyl sites for hydroxylation is 1. The number of nitrogens with one attached hydrogen (secondary N) is 2. The van der Waals surface area contributed by atoms with Gasteiger partial charge in [-0.05, 0) is 44.4 Å². The van der Waals surface area contributed by atoms with Crippen molar-refractivity contribution in [2.24, 2.45) is 0 Å². The van der Waals surface area contributed by atoms with Gasteiger partial charge in [-0.2, -0.15) is 0 Å². The minimum atomic E-state index is -0.675. The number of fused-ring (bicyclic) bond motifs is 1. The Kier molecular flexibility index (Phi) is 4.74. The lowest BCUT2D eigenvalue weighted by Gasteiger charge is -2.20. The highest BCUT2D eigenvalue weighted by molar-refractivity contribution is 6.07. The van der Waals surface area contributed by atoms with Crippen molar-refractivity contribution in [2.45, 2.75) is 51.1 Å². The number of hydrogen-bond acceptors (Lipinski definition) is 5. The lowest BCUT2D eigenvalue weighted by Crippen LogP contribution is -2.44. The summed E-state index contributed by atoms with van der Waals surface area (Å²) >= 11 is 0. The van der Waals surface area contributed by atoms with Gasteiger partial charge in [-0.3, -0.25) is 14.5 Å². The topological polar surface area (TPSA) is 109 Å². The highest BCUT2D eigenvalue weighted by Crippen LogP contribution is 2.34. The minimum Gasteiger partial charge on any atom is -0.352 e. The lowest BCUT2D eigenvalue weighted by atomic mass is 9.98. The zero-order valence-electron chi connectivity index (χ0n) is 15.9. The molecule has 1 aliphatic carbocycles. The standard InChI is InChI=1S/C19H24N6O3/c1-2-25-15-7-6-13(12-14(15)22-23-25)16(26)20-10-5-11-24-17(27)19(21-18(24)28)8-3-4-9-19/h6-7,12H,2-5,8-11H2,1H3,(H,20,26)(H,21,28). The second-order valence-corrected chi connectivity index (χ2v) is 7.39. The zero-order chi connectivity index (χ0) is 19.7. The van der Waals surface area contributed by atoms with Gasteiger partial charge in [-0.1, -0.05) is 18.1 Å². The summed E-state index contributed by atoms with van der Waals surface area (Å²) in [7, 11) is 0. The van der Waals surface area contributed by atoms with Crippen molar-refractivity contribution in [3.05, 3.63) is 23.8 Å². The van der Waals surface area contributed by atoms with E-state index in [4.69, 9.17) is 0 Å². The van der Waals surface area contributed by atoms with Crippen molar-refractivity contribution >= 4 is 28.9 Å². The summed E-state index contributed by atoms with van der Waals surface area (Å²) in [6.07, 6.45) is 3.87. The Bertz CT molecular complexity index is 931. The third-order valence-electron chi connectivity index (χ3n) is 5.62. The first-order chi connectivity index (χ1) is 13.5. The Morgan fingerprint density at radius 2 is 2.07 bits per heavy atom. The molecule has 0 unspecified atom stereocenters. The van der Waals surface area contributed by atoms with Crippen molar-refractivity contribution in [3.63, 3.8) is 0 Å². The van der Waals surface area contributed by atoms with Crippen molar-refractivity contribution in [3.8, 4) is 0 Å². The highest BCUT2D eigenvalue weighted by atomic mass is 16.2. The van der Waals surface area contributed by atoms with E-state index in [1.165, 1.54) is 4.90 Å². The molecule has 1 saturated heterocycles. The van der Waals surface area contributed by atoms with Gasteiger partial charge in [0.1, 0.15) is 11.1 Å². The molecule has 148 valence electrons. The molecule has 2 aromatic rings. The van der Waals surface area contributed by atoms with Gasteiger partial charge in [0.2, 0.25) is 0 Å². The fourth-order valence-electron chi connectivity index (χ4n) is 4.08. The van der Waals surface area contributed by atoms with Gasteiger partial charge < -0.3 is 10.6 Å². The van der Waals surface area contributed by atoms with Crippen molar-refractivity contribution in [1.82, 2.24) is 30.5 Å². The molecule has 4 rings (SSSR count). The summed E-state index contributed by atoms with van der Waals surface area (Å²) in [5.41, 5.74) is 1.40. The smallest absolute Gasteiger partial charge is 0.325 e. The summed E-state index contributed by atoms with van der Waals surface area (Å²) in [6, 6.07) is 4.98. The number of aromatic nitrogens is 3. The zero-order valence-corrected chi connectivity index (χ0v) is 15.9. The molecule has 1 aliphatic heterocycles. The SMILES string of the molecule is CCn1nnc2cc(C(=O)NCCCN3C(=O)NC4(CCCC4)C3=O)ccc21. The van der Waals surface area contributed by atoms with Gasteiger partial charge in [0, 0.05) is 25.2 Å². The predicted molar refractivity (Wildman–Crippen MR) is 102 cm³/mol. The van der Waals surface area contributed by atoms with Gasteiger partial charge in [0.15, 0.2) is 0 Å². The largest absolute Gasteiger partial charge is 0.352 e. The molecule has 2 heterocycles. The molecule has 4 amide bonds. The quantitative estimate of drug-likeness (QED) is 0.578. The maximum absolute atomic E-state index is 12.6. The van der Waals surface area contributed by atoms with Crippen LogP contribution in [-0.4, -0.2) is 56.4 Å². The Morgan fingerprint density at radius 3 is 2.82 bits per heavy atom. The van der Waals surface area contributed by atoms with Crippen molar-refractivity contribution in [1.29, 1.82) is 0 Å². The van der Waals surface area contributed by atoms with Crippen LogP contribution in [0.3, 0.4) is 0 Å². The number of urea groups is 1. The molecule has 9 heteroatoms. The summed E-state index contributed by atoms with van der Waals surface area (Å²) in [4.78, 5) is 38.4. The molecule has 0 radical (unpaired) electrons. The maximum Gasteiger partial charge on any atom is 0.325 e. The van der Waals surface area contributed by atoms with E-state index in [9.17, 15) is 14.4 Å². The third-order valence-corrected chi connectivity index (χ3v) is 5.62. The van der Waals surface area contributed by atoms with Crippen LogP contribution >= 0.6 is 0 Å². The fraction of sp³-hybridized carbons (Fsp3) is 0.526. The molecule has 0 bridgehead atoms. The summed E-state index contributed by atoms with van der Waals surface area (Å²) < 4.78 is 1.77. The van der Waals surface area contributed by atoms with Crippen LogP contribution < -0.4 is 10.6 Å². The molecule has 1 spiro atoms. The Hall–Kier alpha value is -2.97. The number of carbonyl (C=O) groups is 3. The van der Waals surface area contributed by atoms with Crippen LogP contribution in [-0.2, 0) is 11.3 Å². The van der Waals surface area contributed by atoms with E-state index >= 15 is 0 Å². The van der Waals surface area contributed by atoms with Crippen LogP contribution in [0.25, 0.3) is 11.0 Å². The number of hydrogen-bond donors (Lipinski definition) is 2. The Labute approximate surface area is 162 Å². The number of nitrogens with zero attached hydrogens (tertiary/aromatic N) is 4. The minimum absolute atomic E-state index is 0.120. The molecule has 28 heavy (non-hydrogen) atoms. The average Bonchev–Trinajstić information content (AvgIpc) is 3.38. The molecule has 2 fully saturated rings. The van der Waals surface area contributed by atoms with E-state index < -0.39 is 5.54 Å². The number of benzene rings is 1. The Morgan fingerprint density at radius 1 is 1.29 bits per heavy atom. The number of imide groups is 1. The van der Waals surface area contributed by atoms with E-state index in [1.807, 2.05) is 13.0 Å². The van der Waals surface area contributed by atoms with Gasteiger partial charge in [-0.15, -0.1) is 5.10 Å². The van der Waals surface area contributed by atoms with Gasteiger partial charge in [0.25, 0.3) is 11.8 Å². The average molecular weight is 384 g/mol. The molecule has 9 nitrogen and oxygen atoms in total. The first-order valence-corrected chi connectivity index (χ1v) is 9.80. The van der Waals surface area contributed by atoms with Gasteiger partial charge in [0.05, 0.1) is 5.52 Å². The Balaban J connectivity index is 1.30. The fourth-order valence-corrected chi connectivity index (χ4v) is 4.08. The van der Waals surface area contributed by atoms with E-state index in [0.29, 0.717) is 37.1 Å². The maximum atomic E-state index is 12.6. The van der Waals surface area contributed by atoms with Gasteiger partial charge in [-0.25, -0.2) is 9.48 Å². The molecular weight excluding hydrogens is 360 g/mol. The first kappa shape index (κ1) is 18.4. The summed E-state index contributed by atoms with van der Waals surface area (Å²) in [6.45, 7) is 3.37. The summed E-state index contributed by atoms with van der Waals surface area (Å²) in [5, 5.41) is 13.8. The van der Waals surface area contributed by atoms with Crippen LogP contribution in [0.15, 0.2) is 18.2 Å². The molecular formula is C19H24N6O3. The van der Waals surface area contributed by atoms with Crippen molar-refractivity contribution < 1.29 is 14.4 Å². The van der Waals surface area contributed by atoms with Crippen LogP contribution in [0.5, 0.6) is 0 Å². The van der Waals surface area contributed by atoms with E-state index in [1.54, 1.807) is 16.8 Å². The number of carbonyl (C=O) groups excluding carboxylic acids is 3. The van der Waals surface area contributed by atoms with E-state index in [-0.39, 0.29) is 17.8 Å². The lowest BCUT2D eigenvalue weighted by molar-refractivity contribution is -0.131. The van der Waals surface area contributed by atoms with Crippen LogP contribution in [0.2, 0.25) is 0 Å². The van der Waals surface area contributed by atoms with Gasteiger partial charge >= 0.3 is 6.03 Å². The molecule has 2 N–H and O–H groups in total. The molecule has 1 aromatic carbocycles. The third kappa shape index (κ3) is 3.10. The highest BCUT2D eigenvalue weighted by Gasteiger charge is 2.51. The first-order valence-electron chi connectivity index (χ1n) is 9.80. The number of rotatable bonds is 6. The molecule has 1 aromatic heterocycles. The second kappa shape index (κ2) is 7.21. The van der Waals surface area contributed by atoms with Crippen LogP contribution in [0.4, 0.5) is 4.79 Å². The van der Waals surface area contributed by atoms with E-state index in [2.05, 4.69) is 20.9 Å². The predicted octanol–water partition coefficient (Wildman–Crippen LogP) is 1.44. The summed E-state index contributed by atoms with van der Waals surface area (Å²) in [5.74, 6) is -0.330. The molecule has 0 atom stereocenters. The normalized spacial score (nSPS) is 18.2. The van der Waals surface area contributed by atoms with E-state index in [0.717, 1.165) is 31.2 Å². The number of amides is 4. The second-order valence-electron chi connectivity index (χ2n) is 7.39. The van der Waals surface area contributed by atoms with Crippen molar-refractivity contribution in [2.75, 3.05) is 13.1 Å².